The van der Waals surface area contributed by atoms with Crippen LogP contribution in [-0.2, 0) is 13.5 Å². The molecule has 6 heteroatoms. The van der Waals surface area contributed by atoms with E-state index in [9.17, 15) is 4.79 Å². The van der Waals surface area contributed by atoms with Crippen molar-refractivity contribution in [3.8, 4) is 5.75 Å². The van der Waals surface area contributed by atoms with Crippen molar-refractivity contribution in [1.29, 1.82) is 0 Å². The predicted octanol–water partition coefficient (Wildman–Crippen LogP) is 2.48. The molecule has 1 aromatic heterocycles. The number of aryl methyl sites for hydroxylation is 2. The molecule has 0 radical (unpaired) electrons. The van der Waals surface area contributed by atoms with Gasteiger partial charge in [-0.2, -0.15) is 5.10 Å². The molecule has 0 saturated carbocycles. The second kappa shape index (κ2) is 7.38. The second-order valence-corrected chi connectivity index (χ2v) is 6.13. The van der Waals surface area contributed by atoms with Crippen LogP contribution in [0.3, 0.4) is 0 Å². The van der Waals surface area contributed by atoms with E-state index in [-0.39, 0.29) is 12.1 Å². The van der Waals surface area contributed by atoms with Crippen molar-refractivity contribution < 1.29 is 9.53 Å². The zero-order valence-electron chi connectivity index (χ0n) is 14.2. The van der Waals surface area contributed by atoms with E-state index in [0.717, 1.165) is 36.1 Å². The van der Waals surface area contributed by atoms with Gasteiger partial charge in [-0.05, 0) is 37.8 Å². The van der Waals surface area contributed by atoms with E-state index < -0.39 is 0 Å². The standard InChI is InChI=1S/C18H24N4O2/c1-13-6-3-4-9-17(13)24-11-10-19-18(23)21-15-7-5-8-16-14(15)12-20-22(16)2/h3-4,6,9,12,15H,5,7-8,10-11H2,1-2H3,(H2,19,21,23). The first-order valence-corrected chi connectivity index (χ1v) is 8.38. The van der Waals surface area contributed by atoms with Crippen LogP contribution in [0.1, 0.15) is 35.7 Å². The van der Waals surface area contributed by atoms with Gasteiger partial charge in [0.05, 0.1) is 18.8 Å². The molecule has 2 aromatic rings. The van der Waals surface area contributed by atoms with Gasteiger partial charge in [0.1, 0.15) is 12.4 Å². The Bertz CT molecular complexity index is 711. The molecule has 6 nitrogen and oxygen atoms in total. The summed E-state index contributed by atoms with van der Waals surface area (Å²) in [6.45, 7) is 2.91. The fourth-order valence-electron chi connectivity index (χ4n) is 3.11. The largest absolute Gasteiger partial charge is 0.491 e. The van der Waals surface area contributed by atoms with Gasteiger partial charge in [-0.25, -0.2) is 4.79 Å². The number of hydrogen-bond acceptors (Lipinski definition) is 3. The predicted molar refractivity (Wildman–Crippen MR) is 92.1 cm³/mol. The minimum Gasteiger partial charge on any atom is -0.491 e. The summed E-state index contributed by atoms with van der Waals surface area (Å²) < 4.78 is 7.58. The molecule has 24 heavy (non-hydrogen) atoms. The first kappa shape index (κ1) is 16.4. The monoisotopic (exact) mass is 328 g/mol. The maximum Gasteiger partial charge on any atom is 0.315 e. The number of nitrogens with one attached hydrogen (secondary N) is 2. The zero-order valence-corrected chi connectivity index (χ0v) is 14.2. The second-order valence-electron chi connectivity index (χ2n) is 6.13. The number of para-hydroxylation sites is 1. The van der Waals surface area contributed by atoms with E-state index in [1.165, 1.54) is 5.69 Å². The number of carbonyl (C=O) groups is 1. The molecule has 3 rings (SSSR count). The summed E-state index contributed by atoms with van der Waals surface area (Å²) in [6, 6.07) is 7.73. The van der Waals surface area contributed by atoms with Crippen LogP contribution in [0.5, 0.6) is 5.75 Å². The quantitative estimate of drug-likeness (QED) is 0.829. The minimum atomic E-state index is -0.162. The van der Waals surface area contributed by atoms with Crippen LogP contribution in [0.4, 0.5) is 4.79 Å². The fourth-order valence-corrected chi connectivity index (χ4v) is 3.11. The lowest BCUT2D eigenvalue weighted by molar-refractivity contribution is 0.231. The van der Waals surface area contributed by atoms with Gasteiger partial charge < -0.3 is 15.4 Å². The molecule has 1 atom stereocenters. The molecule has 1 aliphatic rings. The highest BCUT2D eigenvalue weighted by molar-refractivity contribution is 5.74. The Balaban J connectivity index is 1.44. The Morgan fingerprint density at radius 2 is 2.25 bits per heavy atom. The van der Waals surface area contributed by atoms with Crippen molar-refractivity contribution in [2.24, 2.45) is 7.05 Å². The lowest BCUT2D eigenvalue weighted by Crippen LogP contribution is -2.40. The van der Waals surface area contributed by atoms with Crippen molar-refractivity contribution in [1.82, 2.24) is 20.4 Å². The number of carbonyl (C=O) groups excluding carboxylic acids is 1. The van der Waals surface area contributed by atoms with Crippen LogP contribution >= 0.6 is 0 Å². The lowest BCUT2D eigenvalue weighted by Gasteiger charge is -2.24. The van der Waals surface area contributed by atoms with Gasteiger partial charge in [0.2, 0.25) is 0 Å². The van der Waals surface area contributed by atoms with Crippen LogP contribution < -0.4 is 15.4 Å². The van der Waals surface area contributed by atoms with Crippen LogP contribution in [0.25, 0.3) is 0 Å². The number of benzene rings is 1. The maximum atomic E-state index is 12.1. The Morgan fingerprint density at radius 3 is 3.08 bits per heavy atom. The number of nitrogens with zero attached hydrogens (tertiary/aromatic N) is 2. The van der Waals surface area contributed by atoms with Gasteiger partial charge in [0.15, 0.2) is 0 Å². The molecule has 0 saturated heterocycles. The minimum absolute atomic E-state index is 0.0414. The lowest BCUT2D eigenvalue weighted by atomic mass is 9.93. The highest BCUT2D eigenvalue weighted by atomic mass is 16.5. The number of hydrogen-bond donors (Lipinski definition) is 2. The molecule has 0 fully saturated rings. The summed E-state index contributed by atoms with van der Waals surface area (Å²) in [5.41, 5.74) is 3.44. The summed E-state index contributed by atoms with van der Waals surface area (Å²) in [5, 5.41) is 10.2. The molecule has 1 aromatic carbocycles. The van der Waals surface area contributed by atoms with Gasteiger partial charge in [-0.1, -0.05) is 18.2 Å². The first-order valence-electron chi connectivity index (χ1n) is 8.38. The molecule has 0 spiro atoms. The van der Waals surface area contributed by atoms with Crippen molar-refractivity contribution >= 4 is 6.03 Å². The Kier molecular flexibility index (Phi) is 5.03. The summed E-state index contributed by atoms with van der Waals surface area (Å²) >= 11 is 0. The zero-order chi connectivity index (χ0) is 16.9. The van der Waals surface area contributed by atoms with E-state index in [1.807, 2.05) is 49.1 Å². The molecule has 1 unspecified atom stereocenters. The normalized spacial score (nSPS) is 16.3. The summed E-state index contributed by atoms with van der Waals surface area (Å²) in [5.74, 6) is 0.854. The van der Waals surface area contributed by atoms with Gasteiger partial charge in [-0.15, -0.1) is 0 Å². The summed E-state index contributed by atoms with van der Waals surface area (Å²) in [6.07, 6.45) is 4.90. The Hall–Kier alpha value is -2.50. The third kappa shape index (κ3) is 3.69. The molecule has 0 aliphatic heterocycles. The van der Waals surface area contributed by atoms with E-state index in [2.05, 4.69) is 15.7 Å². The van der Waals surface area contributed by atoms with Crippen LogP contribution in [0.15, 0.2) is 30.5 Å². The topological polar surface area (TPSA) is 68.2 Å². The van der Waals surface area contributed by atoms with Gasteiger partial charge in [0.25, 0.3) is 0 Å². The summed E-state index contributed by atoms with van der Waals surface area (Å²) in [7, 11) is 1.95. The van der Waals surface area contributed by atoms with Crippen LogP contribution in [-0.4, -0.2) is 29.0 Å². The number of fused-ring (bicyclic) bond motifs is 1. The van der Waals surface area contributed by atoms with Gasteiger partial charge >= 0.3 is 6.03 Å². The van der Waals surface area contributed by atoms with Crippen LogP contribution in [0, 0.1) is 6.92 Å². The molecule has 1 heterocycles. The van der Waals surface area contributed by atoms with E-state index in [1.54, 1.807) is 0 Å². The SMILES string of the molecule is Cc1ccccc1OCCNC(=O)NC1CCCc2c1cnn2C. The Labute approximate surface area is 142 Å². The van der Waals surface area contributed by atoms with Crippen molar-refractivity contribution in [2.75, 3.05) is 13.2 Å². The third-order valence-corrected chi connectivity index (χ3v) is 4.42. The molecule has 1 aliphatic carbocycles. The molecular weight excluding hydrogens is 304 g/mol. The average molecular weight is 328 g/mol. The maximum absolute atomic E-state index is 12.1. The molecular formula is C18H24N4O2. The number of amides is 2. The van der Waals surface area contributed by atoms with E-state index >= 15 is 0 Å². The average Bonchev–Trinajstić information content (AvgIpc) is 2.96. The highest BCUT2D eigenvalue weighted by Crippen LogP contribution is 2.28. The van der Waals surface area contributed by atoms with E-state index in [4.69, 9.17) is 4.74 Å². The number of ether oxygens (including phenoxy) is 1. The highest BCUT2D eigenvalue weighted by Gasteiger charge is 2.24. The van der Waals surface area contributed by atoms with Crippen molar-refractivity contribution in [2.45, 2.75) is 32.2 Å². The molecule has 2 N–H and O–H groups in total. The third-order valence-electron chi connectivity index (χ3n) is 4.42. The Morgan fingerprint density at radius 1 is 1.42 bits per heavy atom. The molecule has 0 bridgehead atoms. The summed E-state index contributed by atoms with van der Waals surface area (Å²) in [4.78, 5) is 12.1. The van der Waals surface area contributed by atoms with Gasteiger partial charge in [0, 0.05) is 18.3 Å². The fraction of sp³-hybridized carbons (Fsp3) is 0.444. The number of aromatic nitrogens is 2. The van der Waals surface area contributed by atoms with E-state index in [0.29, 0.717) is 13.2 Å². The molecule has 2 amide bonds. The molecule has 128 valence electrons. The van der Waals surface area contributed by atoms with Crippen molar-refractivity contribution in [3.63, 3.8) is 0 Å². The number of urea groups is 1. The number of rotatable bonds is 5. The van der Waals surface area contributed by atoms with Gasteiger partial charge in [-0.3, -0.25) is 4.68 Å². The smallest absolute Gasteiger partial charge is 0.315 e. The first-order chi connectivity index (χ1) is 11.6. The van der Waals surface area contributed by atoms with Crippen molar-refractivity contribution in [3.05, 3.63) is 47.3 Å². The van der Waals surface area contributed by atoms with Crippen LogP contribution in [0.2, 0.25) is 0 Å².